The molecule has 0 N–H and O–H groups in total. The van der Waals surface area contributed by atoms with Crippen molar-refractivity contribution in [3.63, 3.8) is 0 Å². The highest BCUT2D eigenvalue weighted by Gasteiger charge is 2.18. The van der Waals surface area contributed by atoms with Gasteiger partial charge in [0.05, 0.1) is 21.8 Å². The summed E-state index contributed by atoms with van der Waals surface area (Å²) < 4.78 is 5.57. The molecule has 28 heavy (non-hydrogen) atoms. The Morgan fingerprint density at radius 3 is 2.46 bits per heavy atom. The first-order valence-electron chi connectivity index (χ1n) is 8.66. The number of ether oxygens (including phenoxy) is 1. The molecular formula is C23H15Cl2NO2. The average molecular weight is 408 g/mol. The van der Waals surface area contributed by atoms with E-state index in [0.717, 1.165) is 22.0 Å². The van der Waals surface area contributed by atoms with Crippen molar-refractivity contribution < 1.29 is 9.53 Å². The summed E-state index contributed by atoms with van der Waals surface area (Å²) in [5, 5.41) is 1.48. The molecule has 0 fully saturated rings. The van der Waals surface area contributed by atoms with Crippen molar-refractivity contribution in [3.05, 3.63) is 94.0 Å². The molecule has 5 heteroatoms. The van der Waals surface area contributed by atoms with Crippen LogP contribution in [0.3, 0.4) is 0 Å². The number of carbonyl (C=O) groups excluding carboxylic acids is 1. The first-order valence-corrected chi connectivity index (χ1v) is 9.41. The van der Waals surface area contributed by atoms with Crippen LogP contribution in [-0.2, 0) is 0 Å². The fourth-order valence-electron chi connectivity index (χ4n) is 3.03. The summed E-state index contributed by atoms with van der Waals surface area (Å²) in [4.78, 5) is 17.8. The summed E-state index contributed by atoms with van der Waals surface area (Å²) in [6.07, 6.45) is 0. The Balaban J connectivity index is 1.85. The maximum Gasteiger partial charge on any atom is 0.344 e. The average Bonchev–Trinajstić information content (AvgIpc) is 2.70. The molecular weight excluding hydrogens is 393 g/mol. The maximum atomic E-state index is 13.0. The largest absolute Gasteiger partial charge is 0.421 e. The van der Waals surface area contributed by atoms with Gasteiger partial charge in [0.1, 0.15) is 5.75 Å². The Hall–Kier alpha value is -2.88. The molecule has 0 saturated heterocycles. The third kappa shape index (κ3) is 3.59. The monoisotopic (exact) mass is 407 g/mol. The van der Waals surface area contributed by atoms with Crippen molar-refractivity contribution in [2.24, 2.45) is 0 Å². The third-order valence-corrected chi connectivity index (χ3v) is 4.96. The standard InChI is InChI=1S/C23H15Cl2NO2/c1-14-6-5-9-17-18(23(27)28-21-11-10-16(24)12-19(21)25)13-20(26-22(14)17)15-7-3-2-4-8-15/h2-13H,1H3. The number of aryl methyl sites for hydroxylation is 1. The highest BCUT2D eigenvalue weighted by molar-refractivity contribution is 6.35. The van der Waals surface area contributed by atoms with Gasteiger partial charge < -0.3 is 4.74 Å². The fraction of sp³-hybridized carbons (Fsp3) is 0.0435. The van der Waals surface area contributed by atoms with Crippen molar-refractivity contribution in [3.8, 4) is 17.0 Å². The number of para-hydroxylation sites is 1. The van der Waals surface area contributed by atoms with Gasteiger partial charge in [-0.3, -0.25) is 0 Å². The second kappa shape index (κ2) is 7.63. The highest BCUT2D eigenvalue weighted by atomic mass is 35.5. The van der Waals surface area contributed by atoms with Gasteiger partial charge in [-0.1, -0.05) is 71.7 Å². The number of nitrogens with zero attached hydrogens (tertiary/aromatic N) is 1. The van der Waals surface area contributed by atoms with Crippen molar-refractivity contribution in [1.29, 1.82) is 0 Å². The first-order chi connectivity index (χ1) is 13.5. The number of rotatable bonds is 3. The molecule has 0 saturated carbocycles. The number of aromatic nitrogens is 1. The van der Waals surface area contributed by atoms with Crippen LogP contribution in [0, 0.1) is 6.92 Å². The van der Waals surface area contributed by atoms with Crippen LogP contribution in [0.5, 0.6) is 5.75 Å². The minimum absolute atomic E-state index is 0.259. The van der Waals surface area contributed by atoms with Crippen molar-refractivity contribution in [2.75, 3.05) is 0 Å². The SMILES string of the molecule is Cc1cccc2c(C(=O)Oc3ccc(Cl)cc3Cl)cc(-c3ccccc3)nc12. The number of pyridine rings is 1. The number of fused-ring (bicyclic) bond motifs is 1. The fourth-order valence-corrected chi connectivity index (χ4v) is 3.48. The second-order valence-electron chi connectivity index (χ2n) is 6.36. The Bertz CT molecular complexity index is 1190. The summed E-state index contributed by atoms with van der Waals surface area (Å²) in [5.74, 6) is -0.241. The van der Waals surface area contributed by atoms with Crippen LogP contribution < -0.4 is 4.74 Å². The summed E-state index contributed by atoms with van der Waals surface area (Å²) in [6.45, 7) is 1.97. The zero-order chi connectivity index (χ0) is 19.7. The van der Waals surface area contributed by atoms with Crippen LogP contribution in [0.1, 0.15) is 15.9 Å². The summed E-state index contributed by atoms with van der Waals surface area (Å²) in [7, 11) is 0. The maximum absolute atomic E-state index is 13.0. The molecule has 3 aromatic carbocycles. The van der Waals surface area contributed by atoms with Gasteiger partial charge in [-0.25, -0.2) is 9.78 Å². The molecule has 1 heterocycles. The van der Waals surface area contributed by atoms with Gasteiger partial charge in [-0.15, -0.1) is 0 Å². The van der Waals surface area contributed by atoms with Crippen LogP contribution in [0.15, 0.2) is 72.8 Å². The number of hydrogen-bond acceptors (Lipinski definition) is 3. The van der Waals surface area contributed by atoms with Crippen LogP contribution in [-0.4, -0.2) is 11.0 Å². The van der Waals surface area contributed by atoms with E-state index < -0.39 is 5.97 Å². The normalized spacial score (nSPS) is 10.8. The quantitative estimate of drug-likeness (QED) is 0.279. The number of esters is 1. The summed E-state index contributed by atoms with van der Waals surface area (Å²) in [6, 6.07) is 21.9. The lowest BCUT2D eigenvalue weighted by molar-refractivity contribution is 0.0737. The van der Waals surface area contributed by atoms with Crippen molar-refractivity contribution in [1.82, 2.24) is 4.98 Å². The lowest BCUT2D eigenvalue weighted by Gasteiger charge is -2.12. The predicted octanol–water partition coefficient (Wildman–Crippen LogP) is 6.74. The molecule has 4 aromatic rings. The molecule has 0 amide bonds. The van der Waals surface area contributed by atoms with E-state index in [1.165, 1.54) is 6.07 Å². The molecule has 1 aromatic heterocycles. The van der Waals surface area contributed by atoms with Gasteiger partial charge in [0, 0.05) is 16.0 Å². The summed E-state index contributed by atoms with van der Waals surface area (Å²) in [5.41, 5.74) is 3.80. The molecule has 0 bridgehead atoms. The van der Waals surface area contributed by atoms with Gasteiger partial charge in [-0.2, -0.15) is 0 Å². The van der Waals surface area contributed by atoms with Gasteiger partial charge in [0.15, 0.2) is 0 Å². The molecule has 138 valence electrons. The molecule has 0 aliphatic carbocycles. The van der Waals surface area contributed by atoms with E-state index in [-0.39, 0.29) is 10.8 Å². The van der Waals surface area contributed by atoms with E-state index in [4.69, 9.17) is 32.9 Å². The summed E-state index contributed by atoms with van der Waals surface area (Å²) >= 11 is 12.1. The lowest BCUT2D eigenvalue weighted by atomic mass is 10.0. The molecule has 0 unspecified atom stereocenters. The van der Waals surface area contributed by atoms with Gasteiger partial charge in [0.2, 0.25) is 0 Å². The van der Waals surface area contributed by atoms with Crippen LogP contribution in [0.25, 0.3) is 22.2 Å². The topological polar surface area (TPSA) is 39.2 Å². The van der Waals surface area contributed by atoms with Crippen LogP contribution >= 0.6 is 23.2 Å². The zero-order valence-electron chi connectivity index (χ0n) is 14.9. The van der Waals surface area contributed by atoms with Crippen molar-refractivity contribution >= 4 is 40.1 Å². The van der Waals surface area contributed by atoms with Crippen LogP contribution in [0.2, 0.25) is 10.0 Å². The Labute approximate surface area is 172 Å². The third-order valence-electron chi connectivity index (χ3n) is 4.43. The zero-order valence-corrected chi connectivity index (χ0v) is 16.5. The molecule has 0 radical (unpaired) electrons. The Morgan fingerprint density at radius 2 is 1.71 bits per heavy atom. The van der Waals surface area contributed by atoms with E-state index in [2.05, 4.69) is 0 Å². The van der Waals surface area contributed by atoms with E-state index in [0.29, 0.717) is 16.3 Å². The second-order valence-corrected chi connectivity index (χ2v) is 7.20. The molecule has 0 aliphatic rings. The molecule has 3 nitrogen and oxygen atoms in total. The number of benzene rings is 3. The molecule has 0 spiro atoms. The minimum Gasteiger partial charge on any atom is -0.421 e. The number of hydrogen-bond donors (Lipinski definition) is 0. The van der Waals surface area contributed by atoms with E-state index in [1.54, 1.807) is 18.2 Å². The Morgan fingerprint density at radius 1 is 0.929 bits per heavy atom. The smallest absolute Gasteiger partial charge is 0.344 e. The van der Waals surface area contributed by atoms with E-state index >= 15 is 0 Å². The van der Waals surface area contributed by atoms with Gasteiger partial charge in [-0.05, 0) is 36.8 Å². The molecule has 0 atom stereocenters. The molecule has 0 aliphatic heterocycles. The Kier molecular flexibility index (Phi) is 5.03. The van der Waals surface area contributed by atoms with E-state index in [9.17, 15) is 4.79 Å². The van der Waals surface area contributed by atoms with Crippen molar-refractivity contribution in [2.45, 2.75) is 6.92 Å². The lowest BCUT2D eigenvalue weighted by Crippen LogP contribution is -2.10. The predicted molar refractivity (Wildman–Crippen MR) is 113 cm³/mol. The van der Waals surface area contributed by atoms with E-state index in [1.807, 2.05) is 55.5 Å². The molecule has 4 rings (SSSR count). The first kappa shape index (κ1) is 18.5. The number of carbonyl (C=O) groups is 1. The van der Waals surface area contributed by atoms with Crippen LogP contribution in [0.4, 0.5) is 0 Å². The number of halogens is 2. The van der Waals surface area contributed by atoms with Gasteiger partial charge >= 0.3 is 5.97 Å². The highest BCUT2D eigenvalue weighted by Crippen LogP contribution is 2.31. The van der Waals surface area contributed by atoms with Gasteiger partial charge in [0.25, 0.3) is 0 Å². The minimum atomic E-state index is -0.501.